The van der Waals surface area contributed by atoms with E-state index in [1.54, 1.807) is 25.1 Å². The van der Waals surface area contributed by atoms with E-state index in [0.29, 0.717) is 13.0 Å². The fourth-order valence-corrected chi connectivity index (χ4v) is 3.24. The van der Waals surface area contributed by atoms with Gasteiger partial charge in [0.15, 0.2) is 0 Å². The van der Waals surface area contributed by atoms with E-state index in [1.807, 2.05) is 6.07 Å². The van der Waals surface area contributed by atoms with Crippen LogP contribution in [0.4, 0.5) is 4.39 Å². The lowest BCUT2D eigenvalue weighted by molar-refractivity contribution is -0.128. The van der Waals surface area contributed by atoms with Gasteiger partial charge in [0.25, 0.3) is 0 Å². The van der Waals surface area contributed by atoms with E-state index >= 15 is 0 Å². The zero-order valence-electron chi connectivity index (χ0n) is 13.4. The largest absolute Gasteiger partial charge is 0.349 e. The Bertz CT molecular complexity index is 720. The van der Waals surface area contributed by atoms with Crippen molar-refractivity contribution in [1.82, 2.24) is 14.4 Å². The van der Waals surface area contributed by atoms with Gasteiger partial charge in [0, 0.05) is 63.2 Å². The Hall–Kier alpha value is -1.88. The number of aromatic nitrogens is 1. The van der Waals surface area contributed by atoms with Crippen molar-refractivity contribution in [2.45, 2.75) is 25.9 Å². The average Bonchev–Trinajstić information content (AvgIpc) is 2.77. The summed E-state index contributed by atoms with van der Waals surface area (Å²) in [5.74, 6) is -0.0873. The molecule has 0 saturated carbocycles. The van der Waals surface area contributed by atoms with Crippen LogP contribution in [-0.4, -0.2) is 48.0 Å². The molecule has 0 bridgehead atoms. The highest BCUT2D eigenvalue weighted by Gasteiger charge is 2.22. The second-order valence-corrected chi connectivity index (χ2v) is 6.26. The second-order valence-electron chi connectivity index (χ2n) is 6.26. The summed E-state index contributed by atoms with van der Waals surface area (Å²) in [6.45, 7) is 2.48. The van der Waals surface area contributed by atoms with Gasteiger partial charge in [0.1, 0.15) is 5.82 Å². The number of nitrogens with zero attached hydrogens (tertiary/aromatic N) is 3. The maximum atomic E-state index is 13.6. The Balaban J connectivity index is 2.03. The number of hydrogen-bond acceptors (Lipinski definition) is 2. The number of benzene rings is 1. The first-order chi connectivity index (χ1) is 10.5. The Labute approximate surface area is 130 Å². The van der Waals surface area contributed by atoms with Gasteiger partial charge in [0.2, 0.25) is 5.91 Å². The molecule has 3 rings (SSSR count). The molecule has 5 heteroatoms. The molecule has 0 unspecified atom stereocenters. The minimum Gasteiger partial charge on any atom is -0.349 e. The molecular formula is C17H22FN3O. The molecular weight excluding hydrogens is 281 g/mol. The lowest BCUT2D eigenvalue weighted by atomic mass is 10.0. The summed E-state index contributed by atoms with van der Waals surface area (Å²) in [5, 5.41) is 0.985. The van der Waals surface area contributed by atoms with Crippen molar-refractivity contribution in [3.63, 3.8) is 0 Å². The first kappa shape index (κ1) is 15.0. The van der Waals surface area contributed by atoms with Crippen molar-refractivity contribution in [2.75, 3.05) is 27.7 Å². The van der Waals surface area contributed by atoms with Crippen LogP contribution in [0.1, 0.15) is 17.7 Å². The summed E-state index contributed by atoms with van der Waals surface area (Å²) in [7, 11) is 5.63. The van der Waals surface area contributed by atoms with E-state index in [1.165, 1.54) is 17.3 Å². The molecule has 0 atom stereocenters. The predicted octanol–water partition coefficient (Wildman–Crippen LogP) is 2.25. The Kier molecular flexibility index (Phi) is 3.91. The highest BCUT2D eigenvalue weighted by Crippen LogP contribution is 2.31. The summed E-state index contributed by atoms with van der Waals surface area (Å²) in [6, 6.07) is 4.96. The van der Waals surface area contributed by atoms with Crippen LogP contribution in [0.3, 0.4) is 0 Å². The summed E-state index contributed by atoms with van der Waals surface area (Å²) in [6.07, 6.45) is 1.41. The van der Waals surface area contributed by atoms with E-state index in [4.69, 9.17) is 0 Å². The molecule has 0 aliphatic carbocycles. The number of fused-ring (bicyclic) bond motifs is 3. The van der Waals surface area contributed by atoms with E-state index in [-0.39, 0.29) is 11.7 Å². The highest BCUT2D eigenvalue weighted by atomic mass is 19.1. The van der Waals surface area contributed by atoms with E-state index in [0.717, 1.165) is 30.4 Å². The lowest BCUT2D eigenvalue weighted by Crippen LogP contribution is -2.28. The van der Waals surface area contributed by atoms with Crippen molar-refractivity contribution in [1.29, 1.82) is 0 Å². The second kappa shape index (κ2) is 5.72. The molecule has 0 fully saturated rings. The van der Waals surface area contributed by atoms with Gasteiger partial charge < -0.3 is 14.4 Å². The molecule has 0 radical (unpaired) electrons. The number of rotatable bonds is 3. The number of hydrogen-bond donors (Lipinski definition) is 0. The minimum absolute atomic E-state index is 0.116. The normalized spacial score (nSPS) is 15.1. The van der Waals surface area contributed by atoms with Crippen LogP contribution in [0.2, 0.25) is 0 Å². The number of likely N-dealkylation sites (N-methyl/N-ethyl adjacent to an activating group) is 1. The van der Waals surface area contributed by atoms with Crippen LogP contribution in [-0.2, 0) is 24.3 Å². The molecule has 4 nitrogen and oxygen atoms in total. The molecule has 0 N–H and O–H groups in total. The zero-order chi connectivity index (χ0) is 15.9. The first-order valence-electron chi connectivity index (χ1n) is 7.65. The van der Waals surface area contributed by atoms with Crippen LogP contribution in [0.5, 0.6) is 0 Å². The standard InChI is InChI=1S/C17H22FN3O/c1-19(2)17(22)7-9-21-15-5-4-12(18)10-13(15)14-11-20(3)8-6-16(14)21/h4-5,10H,6-9,11H2,1-3H3. The van der Waals surface area contributed by atoms with Gasteiger partial charge >= 0.3 is 0 Å². The summed E-state index contributed by atoms with van der Waals surface area (Å²) >= 11 is 0. The lowest BCUT2D eigenvalue weighted by Gasteiger charge is -2.24. The van der Waals surface area contributed by atoms with Gasteiger partial charge in [-0.05, 0) is 30.8 Å². The van der Waals surface area contributed by atoms with Gasteiger partial charge in [-0.2, -0.15) is 0 Å². The Morgan fingerprint density at radius 1 is 1.36 bits per heavy atom. The SMILES string of the molecule is CN1CCc2c(c3cc(F)ccc3n2CCC(=O)N(C)C)C1. The monoisotopic (exact) mass is 303 g/mol. The van der Waals surface area contributed by atoms with Gasteiger partial charge in [-0.25, -0.2) is 4.39 Å². The van der Waals surface area contributed by atoms with Crippen LogP contribution in [0.15, 0.2) is 18.2 Å². The van der Waals surface area contributed by atoms with Crippen LogP contribution in [0, 0.1) is 5.82 Å². The molecule has 1 aromatic heterocycles. The zero-order valence-corrected chi connectivity index (χ0v) is 13.4. The van der Waals surface area contributed by atoms with Gasteiger partial charge in [-0.3, -0.25) is 4.79 Å². The average molecular weight is 303 g/mol. The molecule has 1 aliphatic heterocycles. The predicted molar refractivity (Wildman–Crippen MR) is 85.2 cm³/mol. The van der Waals surface area contributed by atoms with Gasteiger partial charge in [0.05, 0.1) is 0 Å². The summed E-state index contributed by atoms with van der Waals surface area (Å²) < 4.78 is 15.9. The van der Waals surface area contributed by atoms with E-state index in [2.05, 4.69) is 16.5 Å². The topological polar surface area (TPSA) is 28.5 Å². The van der Waals surface area contributed by atoms with Crippen molar-refractivity contribution in [3.05, 3.63) is 35.3 Å². The van der Waals surface area contributed by atoms with Gasteiger partial charge in [-0.15, -0.1) is 0 Å². The third kappa shape index (κ3) is 2.61. The minimum atomic E-state index is -0.204. The first-order valence-corrected chi connectivity index (χ1v) is 7.65. The molecule has 2 heterocycles. The number of carbonyl (C=O) groups excluding carboxylic acids is 1. The molecule has 1 aliphatic rings. The smallest absolute Gasteiger partial charge is 0.223 e. The van der Waals surface area contributed by atoms with Gasteiger partial charge in [-0.1, -0.05) is 0 Å². The number of amides is 1. The van der Waals surface area contributed by atoms with E-state index in [9.17, 15) is 9.18 Å². The molecule has 118 valence electrons. The molecule has 2 aromatic rings. The van der Waals surface area contributed by atoms with Crippen molar-refractivity contribution in [2.24, 2.45) is 0 Å². The maximum Gasteiger partial charge on any atom is 0.223 e. The third-order valence-corrected chi connectivity index (χ3v) is 4.46. The molecule has 0 saturated heterocycles. The van der Waals surface area contributed by atoms with Crippen molar-refractivity contribution >= 4 is 16.8 Å². The Morgan fingerprint density at radius 3 is 2.86 bits per heavy atom. The van der Waals surface area contributed by atoms with Crippen molar-refractivity contribution < 1.29 is 9.18 Å². The maximum absolute atomic E-state index is 13.6. The van der Waals surface area contributed by atoms with Crippen LogP contribution < -0.4 is 0 Å². The fourth-order valence-electron chi connectivity index (χ4n) is 3.24. The highest BCUT2D eigenvalue weighted by molar-refractivity contribution is 5.86. The van der Waals surface area contributed by atoms with Crippen LogP contribution in [0.25, 0.3) is 10.9 Å². The molecule has 22 heavy (non-hydrogen) atoms. The summed E-state index contributed by atoms with van der Waals surface area (Å²) in [5.41, 5.74) is 3.50. The molecule has 1 amide bonds. The quantitative estimate of drug-likeness (QED) is 0.870. The Morgan fingerprint density at radius 2 is 2.14 bits per heavy atom. The number of carbonyl (C=O) groups is 1. The van der Waals surface area contributed by atoms with Crippen molar-refractivity contribution in [3.8, 4) is 0 Å². The molecule has 1 aromatic carbocycles. The summed E-state index contributed by atoms with van der Waals surface area (Å²) in [4.78, 5) is 15.8. The number of halogens is 1. The van der Waals surface area contributed by atoms with Crippen LogP contribution >= 0.6 is 0 Å². The fraction of sp³-hybridized carbons (Fsp3) is 0.471. The third-order valence-electron chi connectivity index (χ3n) is 4.46. The van der Waals surface area contributed by atoms with E-state index < -0.39 is 0 Å². The number of aryl methyl sites for hydroxylation is 1. The molecule has 0 spiro atoms.